The number of benzene rings is 1. The molecule has 144 valence electrons. The summed E-state index contributed by atoms with van der Waals surface area (Å²) in [6.45, 7) is 3.15. The third kappa shape index (κ3) is 5.50. The van der Waals surface area contributed by atoms with Crippen LogP contribution in [-0.4, -0.2) is 41.4 Å². The first-order valence-corrected chi connectivity index (χ1v) is 9.74. The first kappa shape index (κ1) is 19.3. The van der Waals surface area contributed by atoms with Crippen molar-refractivity contribution >= 4 is 23.2 Å². The van der Waals surface area contributed by atoms with Crippen LogP contribution in [0.15, 0.2) is 29.6 Å². The van der Waals surface area contributed by atoms with Crippen LogP contribution in [0.4, 0.5) is 4.39 Å². The molecule has 1 N–H and O–H groups in total. The molecule has 2 amide bonds. The molecule has 0 spiro atoms. The van der Waals surface area contributed by atoms with Crippen LogP contribution in [0.2, 0.25) is 0 Å². The number of amides is 2. The van der Waals surface area contributed by atoms with Gasteiger partial charge in [0.1, 0.15) is 11.6 Å². The zero-order chi connectivity index (χ0) is 19.2. The Morgan fingerprint density at radius 2 is 2.15 bits per heavy atom. The Kier molecular flexibility index (Phi) is 6.39. The lowest BCUT2D eigenvalue weighted by atomic mass is 9.98. The minimum absolute atomic E-state index is 0.0655. The topological polar surface area (TPSA) is 71.5 Å². The third-order valence-corrected chi connectivity index (χ3v) is 5.44. The van der Waals surface area contributed by atoms with Crippen molar-refractivity contribution in [2.24, 2.45) is 0 Å². The molecular weight excluding hydrogens is 369 g/mol. The van der Waals surface area contributed by atoms with Gasteiger partial charge in [-0.05, 0) is 37.1 Å². The summed E-state index contributed by atoms with van der Waals surface area (Å²) >= 11 is 1.57. The van der Waals surface area contributed by atoms with Gasteiger partial charge in [0.05, 0.1) is 17.2 Å². The molecule has 0 radical (unpaired) electrons. The second kappa shape index (κ2) is 8.94. The maximum absolute atomic E-state index is 12.9. The lowest BCUT2D eigenvalue weighted by molar-refractivity contribution is -0.134. The number of likely N-dealkylation sites (tertiary alicyclic amines) is 1. The monoisotopic (exact) mass is 391 g/mol. The number of piperidine rings is 1. The highest BCUT2D eigenvalue weighted by Gasteiger charge is 2.27. The minimum Gasteiger partial charge on any atom is -0.484 e. The van der Waals surface area contributed by atoms with Crippen molar-refractivity contribution < 1.29 is 18.7 Å². The van der Waals surface area contributed by atoms with E-state index in [1.54, 1.807) is 16.2 Å². The molecule has 1 aliphatic heterocycles. The van der Waals surface area contributed by atoms with Crippen LogP contribution in [0.1, 0.15) is 36.4 Å². The molecule has 1 aromatic carbocycles. The molecule has 27 heavy (non-hydrogen) atoms. The summed E-state index contributed by atoms with van der Waals surface area (Å²) in [7, 11) is 0. The van der Waals surface area contributed by atoms with E-state index in [0.29, 0.717) is 25.4 Å². The number of hydrogen-bond donors (Lipinski definition) is 1. The summed E-state index contributed by atoms with van der Waals surface area (Å²) in [5.41, 5.74) is 0.841. The van der Waals surface area contributed by atoms with Crippen LogP contribution in [0.25, 0.3) is 0 Å². The summed E-state index contributed by atoms with van der Waals surface area (Å²) in [6, 6.07) is 5.62. The number of nitrogens with one attached hydrogen (secondary N) is 1. The van der Waals surface area contributed by atoms with Crippen LogP contribution < -0.4 is 10.1 Å². The van der Waals surface area contributed by atoms with Crippen molar-refractivity contribution in [1.29, 1.82) is 0 Å². The standard InChI is InChI=1S/C19H22FN3O3S/c1-13(24)21-9-16-12-27-19(22-16)14-3-2-8-23(10-14)18(25)11-26-17-6-4-15(20)5-7-17/h4-7,12,14H,2-3,8-11H2,1H3,(H,21,24)/t14-/m0/s1. The molecule has 0 aliphatic carbocycles. The van der Waals surface area contributed by atoms with Gasteiger partial charge in [-0.3, -0.25) is 9.59 Å². The van der Waals surface area contributed by atoms with Crippen molar-refractivity contribution in [3.63, 3.8) is 0 Å². The summed E-state index contributed by atoms with van der Waals surface area (Å²) in [4.78, 5) is 29.9. The third-order valence-electron chi connectivity index (χ3n) is 4.39. The Balaban J connectivity index is 1.53. The number of halogens is 1. The molecule has 1 aliphatic rings. The molecule has 0 saturated carbocycles. The van der Waals surface area contributed by atoms with Crippen molar-refractivity contribution in [3.05, 3.63) is 46.2 Å². The van der Waals surface area contributed by atoms with Crippen LogP contribution in [0, 0.1) is 5.82 Å². The summed E-state index contributed by atoms with van der Waals surface area (Å²) in [6.07, 6.45) is 1.89. The van der Waals surface area contributed by atoms with Gasteiger partial charge in [0.2, 0.25) is 5.91 Å². The van der Waals surface area contributed by atoms with Crippen molar-refractivity contribution in [3.8, 4) is 5.75 Å². The molecule has 1 fully saturated rings. The van der Waals surface area contributed by atoms with Crippen LogP contribution in [-0.2, 0) is 16.1 Å². The lowest BCUT2D eigenvalue weighted by Gasteiger charge is -2.31. The molecule has 6 nitrogen and oxygen atoms in total. The van der Waals surface area contributed by atoms with E-state index in [1.165, 1.54) is 31.2 Å². The summed E-state index contributed by atoms with van der Waals surface area (Å²) in [5.74, 6) is 0.165. The first-order valence-electron chi connectivity index (χ1n) is 8.86. The van der Waals surface area contributed by atoms with Gasteiger partial charge >= 0.3 is 0 Å². The Labute approximate surface area is 161 Å². The van der Waals surface area contributed by atoms with Gasteiger partial charge in [-0.15, -0.1) is 11.3 Å². The normalized spacial score (nSPS) is 16.8. The SMILES string of the molecule is CC(=O)NCc1csc([C@H]2CCCN(C(=O)COc3ccc(F)cc3)C2)n1. The number of rotatable bonds is 6. The number of carbonyl (C=O) groups excluding carboxylic acids is 2. The highest BCUT2D eigenvalue weighted by molar-refractivity contribution is 7.09. The molecular formula is C19H22FN3O3S. The van der Waals surface area contributed by atoms with Crippen molar-refractivity contribution in [2.75, 3.05) is 19.7 Å². The fraction of sp³-hybridized carbons (Fsp3) is 0.421. The molecule has 0 unspecified atom stereocenters. The quantitative estimate of drug-likeness (QED) is 0.822. The van der Waals surface area contributed by atoms with E-state index < -0.39 is 0 Å². The van der Waals surface area contributed by atoms with Crippen molar-refractivity contribution in [2.45, 2.75) is 32.2 Å². The number of hydrogen-bond acceptors (Lipinski definition) is 5. The summed E-state index contributed by atoms with van der Waals surface area (Å²) in [5, 5.41) is 5.68. The maximum atomic E-state index is 12.9. The van der Waals surface area contributed by atoms with Crippen LogP contribution in [0.5, 0.6) is 5.75 Å². The predicted molar refractivity (Wildman–Crippen MR) is 100 cm³/mol. The highest BCUT2D eigenvalue weighted by atomic mass is 32.1. The number of carbonyl (C=O) groups is 2. The smallest absolute Gasteiger partial charge is 0.260 e. The van der Waals surface area contributed by atoms with Crippen molar-refractivity contribution in [1.82, 2.24) is 15.2 Å². The van der Waals surface area contributed by atoms with Gasteiger partial charge in [0.15, 0.2) is 6.61 Å². The first-order chi connectivity index (χ1) is 13.0. The zero-order valence-electron chi connectivity index (χ0n) is 15.1. The molecule has 1 atom stereocenters. The van der Waals surface area contributed by atoms with E-state index in [1.807, 2.05) is 5.38 Å². The molecule has 1 saturated heterocycles. The van der Waals surface area contributed by atoms with Gasteiger partial charge in [-0.1, -0.05) is 0 Å². The number of nitrogens with zero attached hydrogens (tertiary/aromatic N) is 2. The second-order valence-corrected chi connectivity index (χ2v) is 7.40. The average molecular weight is 391 g/mol. The Morgan fingerprint density at radius 3 is 2.89 bits per heavy atom. The Bertz CT molecular complexity index is 794. The van der Waals surface area contributed by atoms with Crippen LogP contribution >= 0.6 is 11.3 Å². The lowest BCUT2D eigenvalue weighted by Crippen LogP contribution is -2.41. The molecule has 8 heteroatoms. The van der Waals surface area contributed by atoms with Crippen LogP contribution in [0.3, 0.4) is 0 Å². The largest absolute Gasteiger partial charge is 0.484 e. The van der Waals surface area contributed by atoms with Gasteiger partial charge in [-0.25, -0.2) is 9.37 Å². The molecule has 2 aromatic rings. The maximum Gasteiger partial charge on any atom is 0.260 e. The zero-order valence-corrected chi connectivity index (χ0v) is 15.9. The highest BCUT2D eigenvalue weighted by Crippen LogP contribution is 2.29. The predicted octanol–water partition coefficient (Wildman–Crippen LogP) is 2.70. The molecule has 2 heterocycles. The number of thiazole rings is 1. The molecule has 3 rings (SSSR count). The number of ether oxygens (including phenoxy) is 1. The Hall–Kier alpha value is -2.48. The van der Waals surface area contributed by atoms with Gasteiger partial charge < -0.3 is 15.0 Å². The van der Waals surface area contributed by atoms with E-state index in [2.05, 4.69) is 10.3 Å². The van der Waals surface area contributed by atoms with E-state index >= 15 is 0 Å². The average Bonchev–Trinajstić information content (AvgIpc) is 3.15. The minimum atomic E-state index is -0.339. The summed E-state index contributed by atoms with van der Waals surface area (Å²) < 4.78 is 18.4. The second-order valence-electron chi connectivity index (χ2n) is 6.51. The van der Waals surface area contributed by atoms with Gasteiger partial charge in [-0.2, -0.15) is 0 Å². The van der Waals surface area contributed by atoms with Gasteiger partial charge in [0.25, 0.3) is 5.91 Å². The molecule has 1 aromatic heterocycles. The Morgan fingerprint density at radius 1 is 1.37 bits per heavy atom. The number of aromatic nitrogens is 1. The van der Waals surface area contributed by atoms with Gasteiger partial charge in [0, 0.05) is 31.3 Å². The van der Waals surface area contributed by atoms with E-state index in [0.717, 1.165) is 23.5 Å². The van der Waals surface area contributed by atoms with E-state index in [9.17, 15) is 14.0 Å². The van der Waals surface area contributed by atoms with E-state index in [-0.39, 0.29) is 30.2 Å². The van der Waals surface area contributed by atoms with E-state index in [4.69, 9.17) is 4.74 Å². The fourth-order valence-electron chi connectivity index (χ4n) is 2.98. The molecule has 0 bridgehead atoms. The fourth-order valence-corrected chi connectivity index (χ4v) is 3.93.